The van der Waals surface area contributed by atoms with Crippen LogP contribution in [0.1, 0.15) is 5.69 Å². The van der Waals surface area contributed by atoms with Gasteiger partial charge in [0.05, 0.1) is 29.1 Å². The molecule has 7 nitrogen and oxygen atoms in total. The third kappa shape index (κ3) is 2.81. The fourth-order valence-corrected chi connectivity index (χ4v) is 5.50. The van der Waals surface area contributed by atoms with Gasteiger partial charge < -0.3 is 4.74 Å². The summed E-state index contributed by atoms with van der Waals surface area (Å²) in [6.07, 6.45) is 0. The van der Waals surface area contributed by atoms with Gasteiger partial charge in [-0.2, -0.15) is 5.10 Å². The minimum Gasteiger partial charge on any atom is -0.497 e. The topological polar surface area (TPSA) is 86.1 Å². The number of methoxy groups -OCH3 is 1. The molecular formula is C20H16N4O3S2. The van der Waals surface area contributed by atoms with Gasteiger partial charge in [-0.1, -0.05) is 18.2 Å². The molecule has 0 aliphatic carbocycles. The van der Waals surface area contributed by atoms with Gasteiger partial charge in [0.1, 0.15) is 11.4 Å². The fourth-order valence-electron chi connectivity index (χ4n) is 3.38. The number of hydrogen-bond donors (Lipinski definition) is 1. The van der Waals surface area contributed by atoms with Crippen LogP contribution in [0.5, 0.6) is 5.75 Å². The standard InChI is InChI=1S/C20H16N4O3S2/c1-12-18-19(15-5-3-4-6-17(15)29(25,26)23-18)24(22-12)20-21-16(11-28-20)13-7-9-14(27-2)10-8-13/h3-11,23H,1-2H3. The second-order valence-electron chi connectivity index (χ2n) is 6.57. The van der Waals surface area contributed by atoms with Gasteiger partial charge in [0, 0.05) is 16.5 Å². The van der Waals surface area contributed by atoms with E-state index < -0.39 is 10.0 Å². The van der Waals surface area contributed by atoms with Gasteiger partial charge in [0.15, 0.2) is 0 Å². The summed E-state index contributed by atoms with van der Waals surface area (Å²) in [5.74, 6) is 0.782. The first-order valence-corrected chi connectivity index (χ1v) is 11.2. The van der Waals surface area contributed by atoms with E-state index >= 15 is 0 Å². The maximum atomic E-state index is 12.6. The number of thiazole rings is 1. The molecule has 2 aromatic heterocycles. The number of hydrogen-bond acceptors (Lipinski definition) is 6. The largest absolute Gasteiger partial charge is 0.497 e. The van der Waals surface area contributed by atoms with Crippen molar-refractivity contribution in [1.29, 1.82) is 0 Å². The summed E-state index contributed by atoms with van der Waals surface area (Å²) >= 11 is 1.45. The highest BCUT2D eigenvalue weighted by Crippen LogP contribution is 2.42. The lowest BCUT2D eigenvalue weighted by Gasteiger charge is -2.19. The first kappa shape index (κ1) is 17.9. The Hall–Kier alpha value is -3.17. The summed E-state index contributed by atoms with van der Waals surface area (Å²) in [5, 5.41) is 7.20. The minimum atomic E-state index is -3.62. The van der Waals surface area contributed by atoms with Crippen LogP contribution >= 0.6 is 11.3 Å². The lowest BCUT2D eigenvalue weighted by Crippen LogP contribution is -2.19. The van der Waals surface area contributed by atoms with E-state index in [9.17, 15) is 8.42 Å². The predicted molar refractivity (Wildman–Crippen MR) is 112 cm³/mol. The van der Waals surface area contributed by atoms with Gasteiger partial charge in [-0.15, -0.1) is 11.3 Å². The Bertz CT molecular complexity index is 1340. The Morgan fingerprint density at radius 2 is 1.86 bits per heavy atom. The molecule has 9 heteroatoms. The van der Waals surface area contributed by atoms with Crippen molar-refractivity contribution in [3.05, 3.63) is 59.6 Å². The zero-order valence-corrected chi connectivity index (χ0v) is 17.2. The molecule has 146 valence electrons. The average molecular weight is 425 g/mol. The molecule has 3 heterocycles. The van der Waals surface area contributed by atoms with Crippen molar-refractivity contribution in [2.75, 3.05) is 11.8 Å². The minimum absolute atomic E-state index is 0.237. The van der Waals surface area contributed by atoms with Crippen LogP contribution in [0.4, 0.5) is 5.69 Å². The summed E-state index contributed by atoms with van der Waals surface area (Å²) in [6.45, 7) is 1.78. The van der Waals surface area contributed by atoms with E-state index in [-0.39, 0.29) is 4.90 Å². The highest BCUT2D eigenvalue weighted by atomic mass is 32.2. The van der Waals surface area contributed by atoms with Gasteiger partial charge in [0.2, 0.25) is 5.13 Å². The molecule has 5 rings (SSSR count). The van der Waals surface area contributed by atoms with Gasteiger partial charge in [-0.25, -0.2) is 18.1 Å². The Morgan fingerprint density at radius 1 is 1.10 bits per heavy atom. The van der Waals surface area contributed by atoms with Crippen molar-refractivity contribution in [3.63, 3.8) is 0 Å². The summed E-state index contributed by atoms with van der Waals surface area (Å²) in [4.78, 5) is 4.97. The molecule has 0 saturated carbocycles. The van der Waals surface area contributed by atoms with Crippen LogP contribution in [0.3, 0.4) is 0 Å². The van der Waals surface area contributed by atoms with Gasteiger partial charge in [0.25, 0.3) is 10.0 Å². The van der Waals surface area contributed by atoms with Crippen LogP contribution in [-0.4, -0.2) is 30.3 Å². The van der Waals surface area contributed by atoms with Crippen molar-refractivity contribution in [1.82, 2.24) is 14.8 Å². The normalized spacial score (nSPS) is 14.0. The second kappa shape index (κ2) is 6.43. The quantitative estimate of drug-likeness (QED) is 0.535. The molecule has 0 spiro atoms. The number of anilines is 1. The molecule has 0 bridgehead atoms. The van der Waals surface area contributed by atoms with E-state index in [0.717, 1.165) is 17.0 Å². The molecule has 0 unspecified atom stereocenters. The van der Waals surface area contributed by atoms with E-state index in [1.54, 1.807) is 36.9 Å². The third-order valence-corrected chi connectivity index (χ3v) is 7.01. The van der Waals surface area contributed by atoms with E-state index in [2.05, 4.69) is 9.82 Å². The van der Waals surface area contributed by atoms with Crippen molar-refractivity contribution >= 4 is 27.0 Å². The molecule has 29 heavy (non-hydrogen) atoms. The number of nitrogens with one attached hydrogen (secondary N) is 1. The fraction of sp³-hybridized carbons (Fsp3) is 0.100. The highest BCUT2D eigenvalue weighted by molar-refractivity contribution is 7.93. The number of sulfonamides is 1. The van der Waals surface area contributed by atoms with E-state index in [4.69, 9.17) is 9.72 Å². The maximum Gasteiger partial charge on any atom is 0.262 e. The monoisotopic (exact) mass is 424 g/mol. The number of fused-ring (bicyclic) bond motifs is 3. The van der Waals surface area contributed by atoms with Gasteiger partial charge in [-0.3, -0.25) is 4.72 Å². The van der Waals surface area contributed by atoms with E-state index in [1.807, 2.05) is 35.7 Å². The molecule has 0 amide bonds. The SMILES string of the molecule is COc1ccc(-c2csc(-n3nc(C)c4c3-c3ccccc3S(=O)(=O)N4)n2)cc1. The molecule has 1 aliphatic heterocycles. The Kier molecular flexibility index (Phi) is 3.97. The van der Waals surface area contributed by atoms with E-state index in [0.29, 0.717) is 27.8 Å². The van der Waals surface area contributed by atoms with Crippen LogP contribution in [-0.2, 0) is 10.0 Å². The highest BCUT2D eigenvalue weighted by Gasteiger charge is 2.33. The van der Waals surface area contributed by atoms with Crippen molar-refractivity contribution in [3.8, 4) is 33.4 Å². The maximum absolute atomic E-state index is 12.6. The second-order valence-corrected chi connectivity index (χ2v) is 9.05. The number of aryl methyl sites for hydroxylation is 1. The molecule has 0 radical (unpaired) electrons. The van der Waals surface area contributed by atoms with Crippen molar-refractivity contribution < 1.29 is 13.2 Å². The lowest BCUT2D eigenvalue weighted by atomic mass is 10.1. The lowest BCUT2D eigenvalue weighted by molar-refractivity contribution is 0.415. The first-order chi connectivity index (χ1) is 14.0. The Morgan fingerprint density at radius 3 is 2.62 bits per heavy atom. The van der Waals surface area contributed by atoms with Crippen molar-refractivity contribution in [2.24, 2.45) is 0 Å². The van der Waals surface area contributed by atoms with Crippen LogP contribution in [0, 0.1) is 6.92 Å². The predicted octanol–water partition coefficient (Wildman–Crippen LogP) is 4.09. The number of ether oxygens (including phenoxy) is 1. The molecule has 0 atom stereocenters. The zero-order valence-electron chi connectivity index (χ0n) is 15.6. The number of rotatable bonds is 3. The van der Waals surface area contributed by atoms with E-state index in [1.165, 1.54) is 11.3 Å². The van der Waals surface area contributed by atoms with Crippen LogP contribution < -0.4 is 9.46 Å². The molecule has 1 N–H and O–H groups in total. The molecule has 0 fully saturated rings. The zero-order chi connectivity index (χ0) is 20.2. The van der Waals surface area contributed by atoms with Crippen LogP contribution in [0.15, 0.2) is 58.8 Å². The van der Waals surface area contributed by atoms with Crippen LogP contribution in [0.2, 0.25) is 0 Å². The Labute approximate surface area is 171 Å². The smallest absolute Gasteiger partial charge is 0.262 e. The van der Waals surface area contributed by atoms with Crippen molar-refractivity contribution in [2.45, 2.75) is 11.8 Å². The summed E-state index contributed by atoms with van der Waals surface area (Å²) in [7, 11) is -1.99. The van der Waals surface area contributed by atoms with Gasteiger partial charge >= 0.3 is 0 Å². The molecule has 2 aromatic carbocycles. The molecule has 1 aliphatic rings. The Balaban J connectivity index is 1.64. The number of aromatic nitrogens is 3. The van der Waals surface area contributed by atoms with Gasteiger partial charge in [-0.05, 0) is 37.3 Å². The molecule has 4 aromatic rings. The van der Waals surface area contributed by atoms with Crippen LogP contribution in [0.25, 0.3) is 27.6 Å². The number of nitrogens with zero attached hydrogens (tertiary/aromatic N) is 3. The summed E-state index contributed by atoms with van der Waals surface area (Å²) in [5.41, 5.74) is 4.18. The molecule has 0 saturated heterocycles. The first-order valence-electron chi connectivity index (χ1n) is 8.80. The average Bonchev–Trinajstić information content (AvgIpc) is 3.33. The number of benzene rings is 2. The summed E-state index contributed by atoms with van der Waals surface area (Å²) in [6, 6.07) is 14.6. The molecular weight excluding hydrogens is 408 g/mol. The third-order valence-electron chi connectivity index (χ3n) is 4.79. The summed E-state index contributed by atoms with van der Waals surface area (Å²) < 4.78 is 34.8.